The number of alkyl halides is 3. The van der Waals surface area contributed by atoms with Crippen LogP contribution in [0, 0.1) is 11.7 Å². The fourth-order valence-electron chi connectivity index (χ4n) is 2.23. The van der Waals surface area contributed by atoms with Crippen molar-refractivity contribution >= 4 is 0 Å². The minimum Gasteiger partial charge on any atom is -0.390 e. The molecule has 1 N–H and O–H groups in total. The molecule has 4 nitrogen and oxygen atoms in total. The van der Waals surface area contributed by atoms with E-state index in [-0.39, 0.29) is 17.3 Å². The van der Waals surface area contributed by atoms with Crippen LogP contribution in [0.5, 0.6) is 0 Å². The van der Waals surface area contributed by atoms with Gasteiger partial charge in [0.25, 0.3) is 0 Å². The van der Waals surface area contributed by atoms with Gasteiger partial charge in [0.2, 0.25) is 0 Å². The Hall–Kier alpha value is -1.96. The second-order valence-electron chi connectivity index (χ2n) is 5.41. The lowest BCUT2D eigenvalue weighted by atomic mass is 10.0. The quantitative estimate of drug-likeness (QED) is 0.853. The Bertz CT molecular complexity index is 682. The molecule has 2 rings (SSSR count). The maximum absolute atomic E-state index is 14.3. The molecule has 1 aromatic carbocycles. The number of hydrogen-bond acceptors (Lipinski definition) is 3. The number of aliphatic hydroxyl groups excluding tert-OH is 1. The molecule has 0 amide bonds. The summed E-state index contributed by atoms with van der Waals surface area (Å²) in [6, 6.07) is 3.01. The topological polar surface area (TPSA) is 50.9 Å². The van der Waals surface area contributed by atoms with Gasteiger partial charge in [-0.15, -0.1) is 5.10 Å². The third-order valence-electron chi connectivity index (χ3n) is 3.74. The summed E-state index contributed by atoms with van der Waals surface area (Å²) in [7, 11) is 0. The summed E-state index contributed by atoms with van der Waals surface area (Å²) >= 11 is 0. The minimum atomic E-state index is -4.79. The zero-order valence-electron chi connectivity index (χ0n) is 12.7. The molecule has 0 spiro atoms. The van der Waals surface area contributed by atoms with Crippen molar-refractivity contribution in [3.8, 4) is 5.69 Å². The van der Waals surface area contributed by atoms with Crippen molar-refractivity contribution in [1.82, 2.24) is 15.0 Å². The van der Waals surface area contributed by atoms with Gasteiger partial charge >= 0.3 is 6.18 Å². The molecule has 0 saturated heterocycles. The van der Waals surface area contributed by atoms with Gasteiger partial charge in [-0.25, -0.2) is 9.07 Å². The molecular weight excluding hydrogens is 314 g/mol. The molecule has 126 valence electrons. The van der Waals surface area contributed by atoms with E-state index >= 15 is 0 Å². The Kier molecular flexibility index (Phi) is 5.03. The van der Waals surface area contributed by atoms with Crippen LogP contribution >= 0.6 is 0 Å². The average Bonchev–Trinajstić information content (AvgIpc) is 2.88. The molecule has 1 atom stereocenters. The predicted molar refractivity (Wildman–Crippen MR) is 75.4 cm³/mol. The third-order valence-corrected chi connectivity index (χ3v) is 3.74. The standard InChI is InChI=1S/C15H17F4N3O/c1-3-9(2)7-13-11(8-23)20-21-22(13)12-6-4-5-10(14(12)16)15(17,18)19/h4-6,9,23H,3,7-8H2,1-2H3. The summed E-state index contributed by atoms with van der Waals surface area (Å²) < 4.78 is 53.9. The van der Waals surface area contributed by atoms with Crippen LogP contribution in [0.1, 0.15) is 37.2 Å². The van der Waals surface area contributed by atoms with Crippen LogP contribution in [-0.4, -0.2) is 20.1 Å². The zero-order chi connectivity index (χ0) is 17.2. The first kappa shape index (κ1) is 17.4. The minimum absolute atomic E-state index is 0.186. The van der Waals surface area contributed by atoms with Crippen LogP contribution in [0.15, 0.2) is 18.2 Å². The van der Waals surface area contributed by atoms with E-state index in [1.54, 1.807) is 0 Å². The summed E-state index contributed by atoms with van der Waals surface area (Å²) in [5, 5.41) is 16.8. The van der Waals surface area contributed by atoms with E-state index in [0.29, 0.717) is 18.2 Å². The number of hydrogen-bond donors (Lipinski definition) is 1. The van der Waals surface area contributed by atoms with Crippen molar-refractivity contribution in [2.24, 2.45) is 5.92 Å². The van der Waals surface area contributed by atoms with Gasteiger partial charge < -0.3 is 5.11 Å². The lowest BCUT2D eigenvalue weighted by Crippen LogP contribution is -2.14. The Balaban J connectivity index is 2.57. The molecular formula is C15H17F4N3O. The first-order valence-electron chi connectivity index (χ1n) is 7.20. The van der Waals surface area contributed by atoms with E-state index in [1.807, 2.05) is 13.8 Å². The van der Waals surface area contributed by atoms with E-state index in [0.717, 1.165) is 17.2 Å². The summed E-state index contributed by atoms with van der Waals surface area (Å²) in [6.07, 6.45) is -3.55. The van der Waals surface area contributed by atoms with E-state index in [9.17, 15) is 22.7 Å². The molecule has 0 aliphatic rings. The molecule has 0 bridgehead atoms. The van der Waals surface area contributed by atoms with Crippen molar-refractivity contribution in [2.75, 3.05) is 0 Å². The van der Waals surface area contributed by atoms with Crippen molar-refractivity contribution in [2.45, 2.75) is 39.5 Å². The van der Waals surface area contributed by atoms with Gasteiger partial charge in [-0.1, -0.05) is 31.5 Å². The fourth-order valence-corrected chi connectivity index (χ4v) is 2.23. The van der Waals surface area contributed by atoms with Gasteiger partial charge in [0, 0.05) is 0 Å². The van der Waals surface area contributed by atoms with Crippen LogP contribution < -0.4 is 0 Å². The first-order valence-corrected chi connectivity index (χ1v) is 7.20. The highest BCUT2D eigenvalue weighted by molar-refractivity contribution is 5.40. The van der Waals surface area contributed by atoms with Crippen molar-refractivity contribution in [3.63, 3.8) is 0 Å². The van der Waals surface area contributed by atoms with Gasteiger partial charge in [-0.05, 0) is 24.5 Å². The van der Waals surface area contributed by atoms with Crippen molar-refractivity contribution < 1.29 is 22.7 Å². The summed E-state index contributed by atoms with van der Waals surface area (Å²) in [5.74, 6) is -1.22. The fraction of sp³-hybridized carbons (Fsp3) is 0.467. The van der Waals surface area contributed by atoms with Gasteiger partial charge in [0.05, 0.1) is 17.9 Å². The van der Waals surface area contributed by atoms with Crippen LogP contribution in [0.4, 0.5) is 17.6 Å². The third kappa shape index (κ3) is 3.52. The summed E-state index contributed by atoms with van der Waals surface area (Å²) in [6.45, 7) is 3.50. The highest BCUT2D eigenvalue weighted by atomic mass is 19.4. The number of halogens is 4. The Morgan fingerprint density at radius 2 is 2.00 bits per heavy atom. The van der Waals surface area contributed by atoms with Crippen molar-refractivity contribution in [1.29, 1.82) is 0 Å². The molecule has 23 heavy (non-hydrogen) atoms. The highest BCUT2D eigenvalue weighted by Crippen LogP contribution is 2.33. The highest BCUT2D eigenvalue weighted by Gasteiger charge is 2.35. The Morgan fingerprint density at radius 3 is 2.57 bits per heavy atom. The zero-order valence-corrected chi connectivity index (χ0v) is 12.7. The van der Waals surface area contributed by atoms with E-state index in [4.69, 9.17) is 0 Å². The molecule has 1 heterocycles. The maximum atomic E-state index is 14.3. The van der Waals surface area contributed by atoms with Crippen molar-refractivity contribution in [3.05, 3.63) is 41.0 Å². The molecule has 1 unspecified atom stereocenters. The maximum Gasteiger partial charge on any atom is 0.419 e. The lowest BCUT2D eigenvalue weighted by molar-refractivity contribution is -0.140. The molecule has 1 aromatic heterocycles. The van der Waals surface area contributed by atoms with Gasteiger partial charge in [0.15, 0.2) is 5.82 Å². The smallest absolute Gasteiger partial charge is 0.390 e. The largest absolute Gasteiger partial charge is 0.419 e. The molecule has 0 saturated carbocycles. The van der Waals surface area contributed by atoms with Crippen LogP contribution in [0.2, 0.25) is 0 Å². The Morgan fingerprint density at radius 1 is 1.30 bits per heavy atom. The lowest BCUT2D eigenvalue weighted by Gasteiger charge is -2.14. The SMILES string of the molecule is CCC(C)Cc1c(CO)nnn1-c1cccc(C(F)(F)F)c1F. The Labute approximate surface area is 130 Å². The molecule has 2 aromatic rings. The van der Waals surface area contributed by atoms with E-state index in [2.05, 4.69) is 10.3 Å². The number of aliphatic hydroxyl groups is 1. The number of aromatic nitrogens is 3. The van der Waals surface area contributed by atoms with E-state index < -0.39 is 24.2 Å². The normalized spacial score (nSPS) is 13.3. The molecule has 0 aliphatic heterocycles. The summed E-state index contributed by atoms with van der Waals surface area (Å²) in [5.41, 5.74) is -1.03. The van der Waals surface area contributed by atoms with E-state index in [1.165, 1.54) is 6.07 Å². The second kappa shape index (κ2) is 6.66. The monoisotopic (exact) mass is 331 g/mol. The number of rotatable bonds is 5. The van der Waals surface area contributed by atoms with Crippen LogP contribution in [0.3, 0.4) is 0 Å². The molecule has 0 aliphatic carbocycles. The van der Waals surface area contributed by atoms with Gasteiger partial charge in [-0.2, -0.15) is 13.2 Å². The predicted octanol–water partition coefficient (Wildman–Crippen LogP) is 3.51. The van der Waals surface area contributed by atoms with Crippen LogP contribution in [-0.2, 0) is 19.2 Å². The second-order valence-corrected chi connectivity index (χ2v) is 5.41. The number of benzene rings is 1. The molecule has 0 radical (unpaired) electrons. The van der Waals surface area contributed by atoms with Gasteiger partial charge in [-0.3, -0.25) is 0 Å². The molecule has 0 fully saturated rings. The van der Waals surface area contributed by atoms with Gasteiger partial charge in [0.1, 0.15) is 11.4 Å². The summed E-state index contributed by atoms with van der Waals surface area (Å²) in [4.78, 5) is 0. The number of nitrogens with zero attached hydrogens (tertiary/aromatic N) is 3. The van der Waals surface area contributed by atoms with Crippen LogP contribution in [0.25, 0.3) is 5.69 Å². The molecule has 8 heteroatoms. The average molecular weight is 331 g/mol. The first-order chi connectivity index (χ1) is 10.8.